The zero-order valence-corrected chi connectivity index (χ0v) is 12.4. The molecule has 1 amide bonds. The molecule has 1 fully saturated rings. The second-order valence-electron chi connectivity index (χ2n) is 5.21. The molecule has 1 aromatic heterocycles. The highest BCUT2D eigenvalue weighted by Gasteiger charge is 2.27. The van der Waals surface area contributed by atoms with Gasteiger partial charge in [0.2, 0.25) is 0 Å². The van der Waals surface area contributed by atoms with E-state index < -0.39 is 0 Å². The molecule has 0 radical (unpaired) electrons. The summed E-state index contributed by atoms with van der Waals surface area (Å²) in [6, 6.07) is 3.62. The lowest BCUT2D eigenvalue weighted by Gasteiger charge is -2.38. The molecule has 1 aromatic rings. The van der Waals surface area contributed by atoms with E-state index in [1.165, 1.54) is 6.20 Å². The zero-order chi connectivity index (χ0) is 15.4. The Morgan fingerprint density at radius 2 is 2.29 bits per heavy atom. The van der Waals surface area contributed by atoms with Crippen molar-refractivity contribution in [3.8, 4) is 0 Å². The maximum Gasteiger partial charge on any atom is 0.272 e. The molecule has 114 valence electrons. The molecule has 1 aliphatic rings. The normalized spacial score (nSPS) is 20.6. The molecule has 7 heteroatoms. The highest BCUT2D eigenvalue weighted by molar-refractivity contribution is 5.98. The van der Waals surface area contributed by atoms with Crippen LogP contribution < -0.4 is 5.73 Å². The highest BCUT2D eigenvalue weighted by atomic mass is 16.4. The third-order valence-corrected chi connectivity index (χ3v) is 3.92. The summed E-state index contributed by atoms with van der Waals surface area (Å²) in [5.41, 5.74) is 6.34. The van der Waals surface area contributed by atoms with Crippen molar-refractivity contribution in [2.75, 3.05) is 26.7 Å². The number of carbonyl (C=O) groups excluding carboxylic acids is 1. The number of oxime groups is 1. The number of aromatic nitrogens is 1. The van der Waals surface area contributed by atoms with Crippen molar-refractivity contribution in [1.29, 1.82) is 0 Å². The van der Waals surface area contributed by atoms with Gasteiger partial charge in [-0.2, -0.15) is 0 Å². The van der Waals surface area contributed by atoms with E-state index in [9.17, 15) is 4.79 Å². The summed E-state index contributed by atoms with van der Waals surface area (Å²) in [6.45, 7) is 4.41. The molecule has 0 bridgehead atoms. The zero-order valence-electron chi connectivity index (χ0n) is 12.4. The van der Waals surface area contributed by atoms with Crippen LogP contribution in [0.3, 0.4) is 0 Å². The van der Waals surface area contributed by atoms with Crippen LogP contribution >= 0.6 is 0 Å². The lowest BCUT2D eigenvalue weighted by molar-refractivity contribution is 0.0536. The minimum atomic E-state index is -0.0763. The molecular weight excluding hydrogens is 270 g/mol. The third-order valence-electron chi connectivity index (χ3n) is 3.92. The van der Waals surface area contributed by atoms with Gasteiger partial charge in [-0.1, -0.05) is 12.1 Å². The third kappa shape index (κ3) is 3.30. The van der Waals surface area contributed by atoms with Crippen molar-refractivity contribution in [2.24, 2.45) is 10.9 Å². The van der Waals surface area contributed by atoms with Crippen LogP contribution in [-0.2, 0) is 0 Å². The first-order valence-corrected chi connectivity index (χ1v) is 7.00. The molecular formula is C14H21N5O2. The summed E-state index contributed by atoms with van der Waals surface area (Å²) in [5.74, 6) is -0.0975. The molecule has 1 saturated heterocycles. The van der Waals surface area contributed by atoms with Crippen molar-refractivity contribution in [1.82, 2.24) is 14.8 Å². The van der Waals surface area contributed by atoms with E-state index in [2.05, 4.69) is 29.0 Å². The largest absolute Gasteiger partial charge is 0.409 e. The number of piperazine rings is 1. The predicted molar refractivity (Wildman–Crippen MR) is 79.4 cm³/mol. The molecule has 0 spiro atoms. The van der Waals surface area contributed by atoms with Crippen molar-refractivity contribution in [2.45, 2.75) is 19.4 Å². The smallest absolute Gasteiger partial charge is 0.272 e. The number of hydrogen-bond donors (Lipinski definition) is 2. The summed E-state index contributed by atoms with van der Waals surface area (Å²) in [6.07, 6.45) is 2.45. The number of amidine groups is 1. The van der Waals surface area contributed by atoms with E-state index in [0.717, 1.165) is 19.5 Å². The average Bonchev–Trinajstić information content (AvgIpc) is 2.54. The molecule has 0 aliphatic carbocycles. The van der Waals surface area contributed by atoms with E-state index in [-0.39, 0.29) is 11.7 Å². The van der Waals surface area contributed by atoms with Gasteiger partial charge in [-0.05, 0) is 25.6 Å². The van der Waals surface area contributed by atoms with Crippen LogP contribution in [0.2, 0.25) is 0 Å². The van der Waals surface area contributed by atoms with Gasteiger partial charge in [-0.15, -0.1) is 0 Å². The fourth-order valence-electron chi connectivity index (χ4n) is 2.46. The maximum atomic E-state index is 12.5. The standard InChI is InChI=1S/C14H21N5O2/c1-3-11-9-19(7-6-18(11)2)14(20)12-5-4-10(8-16-12)13(15)17-21/h4-5,8,11,21H,3,6-7,9H2,1-2H3,(H2,15,17). The van der Waals surface area contributed by atoms with Crippen molar-refractivity contribution in [3.05, 3.63) is 29.6 Å². The Balaban J connectivity index is 2.09. The molecule has 7 nitrogen and oxygen atoms in total. The van der Waals surface area contributed by atoms with E-state index >= 15 is 0 Å². The van der Waals surface area contributed by atoms with Gasteiger partial charge in [-0.3, -0.25) is 14.7 Å². The monoisotopic (exact) mass is 291 g/mol. The number of rotatable bonds is 3. The molecule has 2 heterocycles. The molecule has 1 aliphatic heterocycles. The molecule has 21 heavy (non-hydrogen) atoms. The van der Waals surface area contributed by atoms with Crippen LogP contribution in [0.15, 0.2) is 23.5 Å². The Morgan fingerprint density at radius 1 is 1.52 bits per heavy atom. The van der Waals surface area contributed by atoms with E-state index in [1.54, 1.807) is 12.1 Å². The van der Waals surface area contributed by atoms with Gasteiger partial charge in [0.25, 0.3) is 5.91 Å². The number of pyridine rings is 1. The number of nitrogens with two attached hydrogens (primary N) is 1. The SMILES string of the molecule is CCC1CN(C(=O)c2ccc(C(N)=NO)cn2)CCN1C. The quantitative estimate of drug-likeness (QED) is 0.362. The van der Waals surface area contributed by atoms with E-state index in [0.29, 0.717) is 23.8 Å². The Hall–Kier alpha value is -2.15. The molecule has 2 rings (SSSR count). The predicted octanol–water partition coefficient (Wildman–Crippen LogP) is 0.342. The van der Waals surface area contributed by atoms with Gasteiger partial charge >= 0.3 is 0 Å². The minimum absolute atomic E-state index is 0.0212. The first kappa shape index (κ1) is 15.2. The van der Waals surface area contributed by atoms with Crippen LogP contribution in [0.5, 0.6) is 0 Å². The van der Waals surface area contributed by atoms with Gasteiger partial charge in [0, 0.05) is 37.4 Å². The summed E-state index contributed by atoms with van der Waals surface area (Å²) in [7, 11) is 2.08. The fraction of sp³-hybridized carbons (Fsp3) is 0.500. The maximum absolute atomic E-state index is 12.5. The van der Waals surface area contributed by atoms with Crippen LogP contribution in [0.25, 0.3) is 0 Å². The number of hydrogen-bond acceptors (Lipinski definition) is 5. The summed E-state index contributed by atoms with van der Waals surface area (Å²) >= 11 is 0. The summed E-state index contributed by atoms with van der Waals surface area (Å²) in [4.78, 5) is 20.7. The second kappa shape index (κ2) is 6.53. The lowest BCUT2D eigenvalue weighted by Crippen LogP contribution is -2.53. The van der Waals surface area contributed by atoms with Crippen molar-refractivity contribution in [3.63, 3.8) is 0 Å². The first-order chi connectivity index (χ1) is 10.1. The number of carbonyl (C=O) groups is 1. The topological polar surface area (TPSA) is 95.0 Å². The molecule has 0 saturated carbocycles. The van der Waals surface area contributed by atoms with Crippen LogP contribution in [0.1, 0.15) is 29.4 Å². The molecule has 3 N–H and O–H groups in total. The Morgan fingerprint density at radius 3 is 2.86 bits per heavy atom. The van der Waals surface area contributed by atoms with Crippen molar-refractivity contribution >= 4 is 11.7 Å². The van der Waals surface area contributed by atoms with Gasteiger partial charge in [0.15, 0.2) is 5.84 Å². The second-order valence-corrected chi connectivity index (χ2v) is 5.21. The Labute approximate surface area is 124 Å². The van der Waals surface area contributed by atoms with Gasteiger partial charge < -0.3 is 15.8 Å². The fourth-order valence-corrected chi connectivity index (χ4v) is 2.46. The highest BCUT2D eigenvalue weighted by Crippen LogP contribution is 2.13. The van der Waals surface area contributed by atoms with Crippen LogP contribution in [0.4, 0.5) is 0 Å². The number of likely N-dealkylation sites (N-methyl/N-ethyl adjacent to an activating group) is 1. The number of nitrogens with zero attached hydrogens (tertiary/aromatic N) is 4. The summed E-state index contributed by atoms with van der Waals surface area (Å²) < 4.78 is 0. The molecule has 0 aromatic carbocycles. The Bertz CT molecular complexity index is 529. The van der Waals surface area contributed by atoms with Crippen LogP contribution in [-0.4, -0.2) is 64.5 Å². The Kier molecular flexibility index (Phi) is 4.74. The molecule has 1 unspecified atom stereocenters. The minimum Gasteiger partial charge on any atom is -0.409 e. The lowest BCUT2D eigenvalue weighted by atomic mass is 10.1. The average molecular weight is 291 g/mol. The van der Waals surface area contributed by atoms with E-state index in [4.69, 9.17) is 10.9 Å². The molecule has 1 atom stereocenters. The van der Waals surface area contributed by atoms with Gasteiger partial charge in [0.05, 0.1) is 0 Å². The van der Waals surface area contributed by atoms with Gasteiger partial charge in [-0.25, -0.2) is 0 Å². The van der Waals surface area contributed by atoms with Crippen molar-refractivity contribution < 1.29 is 10.0 Å². The first-order valence-electron chi connectivity index (χ1n) is 7.00. The van der Waals surface area contributed by atoms with E-state index in [1.807, 2.05) is 4.90 Å². The van der Waals surface area contributed by atoms with Crippen LogP contribution in [0, 0.1) is 0 Å². The summed E-state index contributed by atoms with van der Waals surface area (Å²) in [5, 5.41) is 11.5. The number of amides is 1. The van der Waals surface area contributed by atoms with Gasteiger partial charge in [0.1, 0.15) is 5.69 Å².